The Labute approximate surface area is 138 Å². The molecule has 0 spiro atoms. The smallest absolute Gasteiger partial charge is 0.119 e. The van der Waals surface area contributed by atoms with E-state index >= 15 is 0 Å². The van der Waals surface area contributed by atoms with Gasteiger partial charge in [0.25, 0.3) is 0 Å². The molecule has 1 unspecified atom stereocenters. The lowest BCUT2D eigenvalue weighted by atomic mass is 9.71. The number of thiazole rings is 1. The SMILES string of the molecule is COCc1nc(C(c2cccc(Br)c2)C2CCC2)c(C)s1. The summed E-state index contributed by atoms with van der Waals surface area (Å²) in [6.45, 7) is 2.80. The van der Waals surface area contributed by atoms with E-state index in [0.717, 1.165) is 15.4 Å². The van der Waals surface area contributed by atoms with E-state index in [-0.39, 0.29) is 0 Å². The van der Waals surface area contributed by atoms with Crippen LogP contribution in [0.25, 0.3) is 0 Å². The van der Waals surface area contributed by atoms with E-state index in [1.54, 1.807) is 18.4 Å². The highest BCUT2D eigenvalue weighted by atomic mass is 79.9. The number of hydrogen-bond acceptors (Lipinski definition) is 3. The Morgan fingerprint density at radius 1 is 1.43 bits per heavy atom. The Balaban J connectivity index is 1.99. The van der Waals surface area contributed by atoms with Gasteiger partial charge >= 0.3 is 0 Å². The molecule has 1 aliphatic rings. The van der Waals surface area contributed by atoms with Gasteiger partial charge in [-0.15, -0.1) is 11.3 Å². The number of aryl methyl sites for hydroxylation is 1. The Hall–Kier alpha value is -0.710. The van der Waals surface area contributed by atoms with Crippen LogP contribution in [0.4, 0.5) is 0 Å². The highest BCUT2D eigenvalue weighted by Crippen LogP contribution is 2.45. The quantitative estimate of drug-likeness (QED) is 0.717. The van der Waals surface area contributed by atoms with Crippen LogP contribution in [0.15, 0.2) is 28.7 Å². The van der Waals surface area contributed by atoms with E-state index in [4.69, 9.17) is 9.72 Å². The van der Waals surface area contributed by atoms with Gasteiger partial charge in [0.1, 0.15) is 5.01 Å². The molecule has 112 valence electrons. The first-order valence-corrected chi connectivity index (χ1v) is 9.00. The summed E-state index contributed by atoms with van der Waals surface area (Å²) < 4.78 is 6.39. The summed E-state index contributed by atoms with van der Waals surface area (Å²) in [5, 5.41) is 1.09. The molecular weight excluding hydrogens is 346 g/mol. The molecule has 0 aliphatic heterocycles. The molecule has 21 heavy (non-hydrogen) atoms. The summed E-state index contributed by atoms with van der Waals surface area (Å²) in [7, 11) is 1.73. The van der Waals surface area contributed by atoms with E-state index < -0.39 is 0 Å². The number of halogens is 1. The molecule has 0 bridgehead atoms. The summed E-state index contributed by atoms with van der Waals surface area (Å²) in [6.07, 6.45) is 3.98. The van der Waals surface area contributed by atoms with Crippen molar-refractivity contribution < 1.29 is 4.74 Å². The molecule has 0 amide bonds. The van der Waals surface area contributed by atoms with Crippen LogP contribution >= 0.6 is 27.3 Å². The zero-order valence-electron chi connectivity index (χ0n) is 12.4. The van der Waals surface area contributed by atoms with Gasteiger partial charge in [-0.1, -0.05) is 34.5 Å². The fourth-order valence-corrected chi connectivity index (χ4v) is 4.43. The lowest BCUT2D eigenvalue weighted by Gasteiger charge is -2.33. The van der Waals surface area contributed by atoms with Gasteiger partial charge in [-0.3, -0.25) is 0 Å². The van der Waals surface area contributed by atoms with Gasteiger partial charge in [0, 0.05) is 22.4 Å². The monoisotopic (exact) mass is 365 g/mol. The van der Waals surface area contributed by atoms with Crippen molar-refractivity contribution in [2.75, 3.05) is 7.11 Å². The fourth-order valence-electron chi connectivity index (χ4n) is 3.07. The van der Waals surface area contributed by atoms with Crippen molar-refractivity contribution in [3.8, 4) is 0 Å². The topological polar surface area (TPSA) is 22.1 Å². The van der Waals surface area contributed by atoms with Crippen molar-refractivity contribution in [3.63, 3.8) is 0 Å². The molecule has 0 N–H and O–H groups in total. The highest BCUT2D eigenvalue weighted by molar-refractivity contribution is 9.10. The third kappa shape index (κ3) is 3.22. The number of ether oxygens (including phenoxy) is 1. The van der Waals surface area contributed by atoms with Crippen molar-refractivity contribution in [3.05, 3.63) is 49.9 Å². The zero-order chi connectivity index (χ0) is 14.8. The van der Waals surface area contributed by atoms with Crippen LogP contribution < -0.4 is 0 Å². The average molecular weight is 366 g/mol. The van der Waals surface area contributed by atoms with E-state index in [0.29, 0.717) is 12.5 Å². The molecule has 0 radical (unpaired) electrons. The van der Waals surface area contributed by atoms with Gasteiger partial charge in [0.15, 0.2) is 0 Å². The summed E-state index contributed by atoms with van der Waals surface area (Å²) in [5.41, 5.74) is 2.64. The molecule has 1 fully saturated rings. The van der Waals surface area contributed by atoms with Gasteiger partial charge in [-0.25, -0.2) is 4.98 Å². The number of benzene rings is 1. The minimum atomic E-state index is 0.429. The number of rotatable bonds is 5. The van der Waals surface area contributed by atoms with Gasteiger partial charge in [-0.05, 0) is 43.4 Å². The Bertz CT molecular complexity index is 621. The Morgan fingerprint density at radius 3 is 2.86 bits per heavy atom. The molecule has 1 saturated carbocycles. The summed E-state index contributed by atoms with van der Waals surface area (Å²) in [6, 6.07) is 8.70. The van der Waals surface area contributed by atoms with Crippen LogP contribution in [0.2, 0.25) is 0 Å². The van der Waals surface area contributed by atoms with E-state index in [1.807, 2.05) is 0 Å². The highest BCUT2D eigenvalue weighted by Gasteiger charge is 2.32. The minimum absolute atomic E-state index is 0.429. The van der Waals surface area contributed by atoms with E-state index in [1.165, 1.54) is 35.4 Å². The first kappa shape index (κ1) is 15.2. The molecule has 1 atom stereocenters. The molecule has 1 heterocycles. The van der Waals surface area contributed by atoms with Crippen molar-refractivity contribution in [1.82, 2.24) is 4.98 Å². The van der Waals surface area contributed by atoms with E-state index in [9.17, 15) is 0 Å². The van der Waals surface area contributed by atoms with Crippen LogP contribution in [0.3, 0.4) is 0 Å². The Kier molecular flexibility index (Phi) is 4.77. The summed E-state index contributed by atoms with van der Waals surface area (Å²) in [4.78, 5) is 6.22. The Morgan fingerprint density at radius 2 is 2.24 bits per heavy atom. The fraction of sp³-hybridized carbons (Fsp3) is 0.471. The zero-order valence-corrected chi connectivity index (χ0v) is 14.8. The normalized spacial score (nSPS) is 16.7. The largest absolute Gasteiger partial charge is 0.378 e. The van der Waals surface area contributed by atoms with Crippen LogP contribution in [0.5, 0.6) is 0 Å². The maximum atomic E-state index is 5.24. The third-order valence-electron chi connectivity index (χ3n) is 4.27. The molecule has 4 heteroatoms. The maximum absolute atomic E-state index is 5.24. The molecule has 0 saturated heterocycles. The van der Waals surface area contributed by atoms with Crippen molar-refractivity contribution in [2.45, 2.75) is 38.7 Å². The predicted octanol–water partition coefficient (Wildman–Crippen LogP) is 5.29. The van der Waals surface area contributed by atoms with Crippen molar-refractivity contribution in [1.29, 1.82) is 0 Å². The molecule has 3 rings (SSSR count). The van der Waals surface area contributed by atoms with Crippen LogP contribution in [-0.4, -0.2) is 12.1 Å². The molecular formula is C17H20BrNOS. The molecule has 1 aromatic heterocycles. The molecule has 1 aromatic carbocycles. The number of methoxy groups -OCH3 is 1. The third-order valence-corrected chi connectivity index (χ3v) is 5.72. The second-order valence-corrected chi connectivity index (χ2v) is 7.91. The molecule has 2 aromatic rings. The van der Waals surface area contributed by atoms with Crippen LogP contribution in [0.1, 0.15) is 46.3 Å². The van der Waals surface area contributed by atoms with Gasteiger partial charge < -0.3 is 4.74 Å². The standard InChI is InChI=1S/C17H20BrNOS/c1-11-17(19-15(21-11)10-20-2)16(12-5-3-6-12)13-7-4-8-14(18)9-13/h4,7-9,12,16H,3,5-6,10H2,1-2H3. The summed E-state index contributed by atoms with van der Waals surface area (Å²) in [5.74, 6) is 1.16. The second kappa shape index (κ2) is 6.59. The summed E-state index contributed by atoms with van der Waals surface area (Å²) >= 11 is 5.37. The predicted molar refractivity (Wildman–Crippen MR) is 90.9 cm³/mol. The number of hydrogen-bond donors (Lipinski definition) is 0. The second-order valence-electron chi connectivity index (χ2n) is 5.71. The van der Waals surface area contributed by atoms with Gasteiger partial charge in [0.05, 0.1) is 12.3 Å². The first-order valence-electron chi connectivity index (χ1n) is 7.39. The van der Waals surface area contributed by atoms with Gasteiger partial charge in [-0.2, -0.15) is 0 Å². The number of aromatic nitrogens is 1. The molecule has 1 aliphatic carbocycles. The van der Waals surface area contributed by atoms with E-state index in [2.05, 4.69) is 47.1 Å². The average Bonchev–Trinajstić information content (AvgIpc) is 2.75. The lowest BCUT2D eigenvalue weighted by molar-refractivity contribution is 0.184. The molecule has 2 nitrogen and oxygen atoms in total. The lowest BCUT2D eigenvalue weighted by Crippen LogP contribution is -2.22. The van der Waals surface area contributed by atoms with Gasteiger partial charge in [0.2, 0.25) is 0 Å². The van der Waals surface area contributed by atoms with Crippen LogP contribution in [-0.2, 0) is 11.3 Å². The van der Waals surface area contributed by atoms with Crippen molar-refractivity contribution in [2.24, 2.45) is 5.92 Å². The number of nitrogens with zero attached hydrogens (tertiary/aromatic N) is 1. The minimum Gasteiger partial charge on any atom is -0.378 e. The first-order chi connectivity index (χ1) is 10.2. The maximum Gasteiger partial charge on any atom is 0.119 e. The van der Waals surface area contributed by atoms with Crippen molar-refractivity contribution >= 4 is 27.3 Å². The van der Waals surface area contributed by atoms with Crippen LogP contribution in [0, 0.1) is 12.8 Å².